The van der Waals surface area contributed by atoms with Crippen LogP contribution in [0.3, 0.4) is 0 Å². The molecule has 2 nitrogen and oxygen atoms in total. The lowest BCUT2D eigenvalue weighted by molar-refractivity contribution is 0.602. The van der Waals surface area contributed by atoms with Crippen LogP contribution in [-0.2, 0) is 0 Å². The van der Waals surface area contributed by atoms with Crippen molar-refractivity contribution in [3.8, 4) is 0 Å². The predicted molar refractivity (Wildman–Crippen MR) is 61.3 cm³/mol. The van der Waals surface area contributed by atoms with E-state index in [1.807, 2.05) is 12.1 Å². The molecule has 1 saturated carbocycles. The summed E-state index contributed by atoms with van der Waals surface area (Å²) in [5.74, 6) is 0.876. The Balaban J connectivity index is 1.94. The third kappa shape index (κ3) is 2.19. The first kappa shape index (κ1) is 9.38. The quantitative estimate of drug-likeness (QED) is 0.704. The van der Waals surface area contributed by atoms with E-state index in [1.165, 1.54) is 24.9 Å². The minimum Gasteiger partial charge on any atom is -0.399 e. The lowest BCUT2D eigenvalue weighted by Gasteiger charge is -2.13. The van der Waals surface area contributed by atoms with E-state index in [0.29, 0.717) is 6.04 Å². The summed E-state index contributed by atoms with van der Waals surface area (Å²) in [5, 5.41) is 3.54. The molecule has 2 atom stereocenters. The summed E-state index contributed by atoms with van der Waals surface area (Å²) in [6, 6.07) is 8.66. The number of rotatable bonds is 2. The van der Waals surface area contributed by atoms with Gasteiger partial charge in [0.1, 0.15) is 0 Å². The standard InChI is InChI=1S/C12H18N2/c1-9-2-5-12(8-9)14-11-6-3-10(13)4-7-11/h3-4,6-7,9,12,14H,2,5,8,13H2,1H3. The zero-order valence-corrected chi connectivity index (χ0v) is 8.66. The van der Waals surface area contributed by atoms with Gasteiger partial charge in [-0.05, 0) is 49.4 Å². The number of anilines is 2. The Hall–Kier alpha value is -1.18. The van der Waals surface area contributed by atoms with E-state index >= 15 is 0 Å². The summed E-state index contributed by atoms with van der Waals surface area (Å²) < 4.78 is 0. The van der Waals surface area contributed by atoms with Crippen molar-refractivity contribution in [3.05, 3.63) is 24.3 Å². The molecule has 14 heavy (non-hydrogen) atoms. The second-order valence-electron chi connectivity index (χ2n) is 4.38. The number of nitrogens with two attached hydrogens (primary N) is 1. The second-order valence-corrected chi connectivity index (χ2v) is 4.38. The first-order valence-electron chi connectivity index (χ1n) is 5.36. The van der Waals surface area contributed by atoms with E-state index in [2.05, 4.69) is 24.4 Å². The summed E-state index contributed by atoms with van der Waals surface area (Å²) in [6.45, 7) is 2.32. The number of nitrogens with one attached hydrogen (secondary N) is 1. The van der Waals surface area contributed by atoms with E-state index in [4.69, 9.17) is 5.73 Å². The Morgan fingerprint density at radius 3 is 2.50 bits per heavy atom. The molecule has 0 aliphatic heterocycles. The van der Waals surface area contributed by atoms with Gasteiger partial charge in [-0.1, -0.05) is 6.92 Å². The molecule has 0 bridgehead atoms. The van der Waals surface area contributed by atoms with Crippen molar-refractivity contribution in [2.24, 2.45) is 5.92 Å². The molecule has 2 unspecified atom stereocenters. The summed E-state index contributed by atoms with van der Waals surface area (Å²) in [4.78, 5) is 0. The van der Waals surface area contributed by atoms with E-state index in [0.717, 1.165) is 11.6 Å². The predicted octanol–water partition coefficient (Wildman–Crippen LogP) is 2.87. The molecule has 0 amide bonds. The molecule has 0 saturated heterocycles. The van der Waals surface area contributed by atoms with Crippen molar-refractivity contribution in [1.29, 1.82) is 0 Å². The fraction of sp³-hybridized carbons (Fsp3) is 0.500. The molecule has 1 aliphatic rings. The van der Waals surface area contributed by atoms with Gasteiger partial charge in [0.05, 0.1) is 0 Å². The summed E-state index contributed by atoms with van der Waals surface area (Å²) in [5.41, 5.74) is 7.65. The SMILES string of the molecule is CC1CCC(Nc2ccc(N)cc2)C1. The molecular weight excluding hydrogens is 172 g/mol. The van der Waals surface area contributed by atoms with Crippen LogP contribution in [0.1, 0.15) is 26.2 Å². The van der Waals surface area contributed by atoms with Gasteiger partial charge in [0.2, 0.25) is 0 Å². The molecule has 1 aromatic rings. The first-order valence-corrected chi connectivity index (χ1v) is 5.36. The van der Waals surface area contributed by atoms with Crippen LogP contribution in [0.5, 0.6) is 0 Å². The average molecular weight is 190 g/mol. The smallest absolute Gasteiger partial charge is 0.0343 e. The van der Waals surface area contributed by atoms with Crippen LogP contribution in [0.2, 0.25) is 0 Å². The van der Waals surface area contributed by atoms with Crippen LogP contribution in [-0.4, -0.2) is 6.04 Å². The highest BCUT2D eigenvalue weighted by atomic mass is 14.9. The van der Waals surface area contributed by atoms with Gasteiger partial charge < -0.3 is 11.1 Å². The van der Waals surface area contributed by atoms with Gasteiger partial charge in [-0.3, -0.25) is 0 Å². The number of nitrogen functional groups attached to an aromatic ring is 1. The van der Waals surface area contributed by atoms with Crippen molar-refractivity contribution in [2.45, 2.75) is 32.2 Å². The normalized spacial score (nSPS) is 26.4. The number of benzene rings is 1. The lowest BCUT2D eigenvalue weighted by Crippen LogP contribution is -2.14. The highest BCUT2D eigenvalue weighted by molar-refractivity contribution is 5.51. The first-order chi connectivity index (χ1) is 6.74. The third-order valence-corrected chi connectivity index (χ3v) is 2.98. The topological polar surface area (TPSA) is 38.0 Å². The zero-order chi connectivity index (χ0) is 9.97. The lowest BCUT2D eigenvalue weighted by atomic mass is 10.1. The monoisotopic (exact) mass is 190 g/mol. The number of hydrogen-bond donors (Lipinski definition) is 2. The van der Waals surface area contributed by atoms with E-state index < -0.39 is 0 Å². The molecule has 0 heterocycles. The molecular formula is C12H18N2. The van der Waals surface area contributed by atoms with Crippen LogP contribution in [0.25, 0.3) is 0 Å². The molecule has 2 rings (SSSR count). The number of hydrogen-bond acceptors (Lipinski definition) is 2. The van der Waals surface area contributed by atoms with Gasteiger partial charge in [0, 0.05) is 17.4 Å². The molecule has 2 heteroatoms. The van der Waals surface area contributed by atoms with Crippen molar-refractivity contribution in [3.63, 3.8) is 0 Å². The summed E-state index contributed by atoms with van der Waals surface area (Å²) in [7, 11) is 0. The maximum Gasteiger partial charge on any atom is 0.0343 e. The van der Waals surface area contributed by atoms with Crippen molar-refractivity contribution in [1.82, 2.24) is 0 Å². The minimum absolute atomic E-state index is 0.661. The fourth-order valence-electron chi connectivity index (χ4n) is 2.15. The molecule has 0 radical (unpaired) electrons. The Bertz CT molecular complexity index is 292. The molecule has 76 valence electrons. The summed E-state index contributed by atoms with van der Waals surface area (Å²) >= 11 is 0. The molecule has 1 aromatic carbocycles. The minimum atomic E-state index is 0.661. The molecule has 1 aliphatic carbocycles. The van der Waals surface area contributed by atoms with Crippen molar-refractivity contribution in [2.75, 3.05) is 11.1 Å². The van der Waals surface area contributed by atoms with Gasteiger partial charge >= 0.3 is 0 Å². The highest BCUT2D eigenvalue weighted by Crippen LogP contribution is 2.27. The highest BCUT2D eigenvalue weighted by Gasteiger charge is 2.20. The van der Waals surface area contributed by atoms with Crippen LogP contribution >= 0.6 is 0 Å². The van der Waals surface area contributed by atoms with Crippen molar-refractivity contribution < 1.29 is 0 Å². The zero-order valence-electron chi connectivity index (χ0n) is 8.66. The second kappa shape index (κ2) is 3.91. The maximum atomic E-state index is 5.63. The third-order valence-electron chi connectivity index (χ3n) is 2.98. The fourth-order valence-corrected chi connectivity index (χ4v) is 2.15. The largest absolute Gasteiger partial charge is 0.399 e. The van der Waals surface area contributed by atoms with Gasteiger partial charge in [0.15, 0.2) is 0 Å². The van der Waals surface area contributed by atoms with Gasteiger partial charge in [-0.25, -0.2) is 0 Å². The molecule has 3 N–H and O–H groups in total. The van der Waals surface area contributed by atoms with Crippen LogP contribution in [0.4, 0.5) is 11.4 Å². The van der Waals surface area contributed by atoms with Gasteiger partial charge in [-0.2, -0.15) is 0 Å². The maximum absolute atomic E-state index is 5.63. The Morgan fingerprint density at radius 2 is 1.93 bits per heavy atom. The Morgan fingerprint density at radius 1 is 1.21 bits per heavy atom. The Kier molecular flexibility index (Phi) is 2.62. The molecule has 1 fully saturated rings. The van der Waals surface area contributed by atoms with Crippen LogP contribution in [0, 0.1) is 5.92 Å². The van der Waals surface area contributed by atoms with E-state index in [1.54, 1.807) is 0 Å². The van der Waals surface area contributed by atoms with E-state index in [-0.39, 0.29) is 0 Å². The molecule has 0 aromatic heterocycles. The van der Waals surface area contributed by atoms with Crippen molar-refractivity contribution >= 4 is 11.4 Å². The summed E-state index contributed by atoms with van der Waals surface area (Å²) in [6.07, 6.45) is 3.95. The van der Waals surface area contributed by atoms with Crippen LogP contribution < -0.4 is 11.1 Å². The molecule has 0 spiro atoms. The van der Waals surface area contributed by atoms with Crippen LogP contribution in [0.15, 0.2) is 24.3 Å². The average Bonchev–Trinajstić information content (AvgIpc) is 2.56. The Labute approximate surface area is 85.5 Å². The van der Waals surface area contributed by atoms with E-state index in [9.17, 15) is 0 Å². The van der Waals surface area contributed by atoms with Gasteiger partial charge in [0.25, 0.3) is 0 Å². The van der Waals surface area contributed by atoms with Gasteiger partial charge in [-0.15, -0.1) is 0 Å².